The summed E-state index contributed by atoms with van der Waals surface area (Å²) >= 11 is 0. The third kappa shape index (κ3) is 28.0. The zero-order chi connectivity index (χ0) is 33.0. The molecule has 1 fully saturated rings. The Morgan fingerprint density at radius 3 is 1.38 bits per heavy atom. The summed E-state index contributed by atoms with van der Waals surface area (Å²) in [5.74, 6) is -1.09. The zero-order valence-corrected chi connectivity index (χ0v) is 28.2. The van der Waals surface area contributed by atoms with E-state index in [1.165, 1.54) is 0 Å². The van der Waals surface area contributed by atoms with Crippen molar-refractivity contribution in [1.82, 2.24) is 19.6 Å². The molecule has 0 bridgehead atoms. The second kappa shape index (κ2) is 21.6. The second-order valence-corrected chi connectivity index (χ2v) is 13.1. The molecule has 248 valence electrons. The van der Waals surface area contributed by atoms with Crippen LogP contribution >= 0.6 is 0 Å². The van der Waals surface area contributed by atoms with Gasteiger partial charge >= 0.3 is 11.9 Å². The molecule has 12 nitrogen and oxygen atoms in total. The maximum atomic E-state index is 12.3. The van der Waals surface area contributed by atoms with Crippen molar-refractivity contribution < 1.29 is 38.5 Å². The highest BCUT2D eigenvalue weighted by atomic mass is 16.6. The summed E-state index contributed by atoms with van der Waals surface area (Å²) in [6, 6.07) is 0. The van der Waals surface area contributed by atoms with Crippen molar-refractivity contribution in [1.29, 1.82) is 0 Å². The minimum Gasteiger partial charge on any atom is -0.480 e. The summed E-state index contributed by atoms with van der Waals surface area (Å²) in [4.78, 5) is 52.4. The van der Waals surface area contributed by atoms with Gasteiger partial charge in [0.1, 0.15) is 17.5 Å². The highest BCUT2D eigenvalue weighted by Crippen LogP contribution is 2.08. The molecule has 0 aromatic rings. The van der Waals surface area contributed by atoms with E-state index in [2.05, 4.69) is 21.5 Å². The Hall–Kier alpha value is -2.12. The van der Waals surface area contributed by atoms with Gasteiger partial charge in [-0.1, -0.05) is 6.92 Å². The summed E-state index contributed by atoms with van der Waals surface area (Å²) in [6.45, 7) is 26.4. The SMILES string of the molecule is CC(C)(C)OC=O.CCN1CCN(CC(=O)O)CCN(CC=O)CCN(CC(=O)OC(C)(C)C)CC1.COC(C)(C)C. The smallest absolute Gasteiger partial charge is 0.320 e. The van der Waals surface area contributed by atoms with Crippen molar-refractivity contribution in [2.75, 3.05) is 85.6 Å². The molecular weight excluding hydrogens is 544 g/mol. The Labute approximate surface area is 254 Å². The summed E-state index contributed by atoms with van der Waals surface area (Å²) in [5.41, 5.74) is -0.794. The van der Waals surface area contributed by atoms with Crippen LogP contribution in [0.15, 0.2) is 0 Å². The standard InChI is InChI=1S/C20H38N4O5.C5H10O2.C5H12O/c1-5-21-6-10-23(16-18(26)27)12-8-22(14-15-25)9-13-24(11-7-21)17-19(28)29-20(2,3)4;1-5(2,3)7-4-6;1-5(2,3)6-4/h15H,5-14,16-17H2,1-4H3,(H,26,27);4H,1-3H3;1-4H3. The molecule has 0 aromatic carbocycles. The summed E-state index contributed by atoms with van der Waals surface area (Å²) in [7, 11) is 1.71. The van der Waals surface area contributed by atoms with Crippen molar-refractivity contribution in [2.45, 2.75) is 86.0 Å². The highest BCUT2D eigenvalue weighted by molar-refractivity contribution is 5.72. The minimum atomic E-state index is -0.842. The van der Waals surface area contributed by atoms with E-state index in [0.29, 0.717) is 52.3 Å². The van der Waals surface area contributed by atoms with Crippen LogP contribution in [0.25, 0.3) is 0 Å². The van der Waals surface area contributed by atoms with Gasteiger partial charge in [-0.25, -0.2) is 0 Å². The first-order chi connectivity index (χ1) is 19.2. The molecule has 1 aliphatic heterocycles. The lowest BCUT2D eigenvalue weighted by molar-refractivity contribution is -0.156. The highest BCUT2D eigenvalue weighted by Gasteiger charge is 2.21. The first-order valence-corrected chi connectivity index (χ1v) is 14.7. The average Bonchev–Trinajstić information content (AvgIpc) is 2.82. The number of aldehydes is 1. The van der Waals surface area contributed by atoms with Crippen molar-refractivity contribution >= 4 is 24.7 Å². The Morgan fingerprint density at radius 1 is 0.690 bits per heavy atom. The number of esters is 1. The van der Waals surface area contributed by atoms with E-state index in [4.69, 9.17) is 9.47 Å². The summed E-state index contributed by atoms with van der Waals surface area (Å²) < 4.78 is 15.0. The van der Waals surface area contributed by atoms with Gasteiger partial charge in [-0.15, -0.1) is 0 Å². The molecule has 1 aliphatic rings. The topological polar surface area (TPSA) is 129 Å². The molecule has 42 heavy (non-hydrogen) atoms. The molecule has 0 atom stereocenters. The molecule has 0 aliphatic carbocycles. The van der Waals surface area contributed by atoms with Crippen molar-refractivity contribution in [2.24, 2.45) is 0 Å². The quantitative estimate of drug-likeness (QED) is 0.322. The van der Waals surface area contributed by atoms with Gasteiger partial charge < -0.3 is 29.0 Å². The molecule has 1 N–H and O–H groups in total. The van der Waals surface area contributed by atoms with Crippen LogP contribution < -0.4 is 0 Å². The molecule has 0 aromatic heterocycles. The van der Waals surface area contributed by atoms with Gasteiger partial charge in [-0.05, 0) is 68.9 Å². The van der Waals surface area contributed by atoms with Crippen LogP contribution in [-0.4, -0.2) is 152 Å². The maximum absolute atomic E-state index is 12.3. The summed E-state index contributed by atoms with van der Waals surface area (Å²) in [5, 5.41) is 9.17. The van der Waals surface area contributed by atoms with E-state index in [1.807, 2.05) is 72.1 Å². The fraction of sp³-hybridized carbons (Fsp3) is 0.867. The van der Waals surface area contributed by atoms with Gasteiger partial charge in [-0.3, -0.25) is 29.1 Å². The second-order valence-electron chi connectivity index (χ2n) is 13.1. The number of likely N-dealkylation sites (N-methyl/N-ethyl adjacent to an activating group) is 1. The van der Waals surface area contributed by atoms with Gasteiger partial charge in [0.15, 0.2) is 0 Å². The fourth-order valence-corrected chi connectivity index (χ4v) is 3.39. The van der Waals surface area contributed by atoms with Crippen molar-refractivity contribution in [3.8, 4) is 0 Å². The fourth-order valence-electron chi connectivity index (χ4n) is 3.39. The molecular formula is C30H60N4O8. The number of hydrogen-bond acceptors (Lipinski definition) is 11. The predicted octanol–water partition coefficient (Wildman–Crippen LogP) is 2.24. The van der Waals surface area contributed by atoms with Crippen LogP contribution in [0.3, 0.4) is 0 Å². The van der Waals surface area contributed by atoms with Crippen LogP contribution in [0.2, 0.25) is 0 Å². The number of carboxylic acid groups (broad SMARTS) is 1. The zero-order valence-electron chi connectivity index (χ0n) is 28.2. The first kappa shape index (κ1) is 42.0. The molecule has 1 heterocycles. The lowest BCUT2D eigenvalue weighted by Crippen LogP contribution is -2.48. The van der Waals surface area contributed by atoms with E-state index < -0.39 is 11.6 Å². The largest absolute Gasteiger partial charge is 0.480 e. The van der Waals surface area contributed by atoms with Crippen LogP contribution in [0.1, 0.15) is 69.2 Å². The Bertz CT molecular complexity index is 760. The number of hydrogen-bond donors (Lipinski definition) is 1. The van der Waals surface area contributed by atoms with Gasteiger partial charge in [0.25, 0.3) is 6.47 Å². The van der Waals surface area contributed by atoms with Gasteiger partial charge in [0, 0.05) is 59.5 Å². The maximum Gasteiger partial charge on any atom is 0.320 e. The Kier molecular flexibility index (Phi) is 21.6. The van der Waals surface area contributed by atoms with E-state index in [0.717, 1.165) is 25.9 Å². The minimum absolute atomic E-state index is 0.00273. The van der Waals surface area contributed by atoms with E-state index in [9.17, 15) is 24.3 Å². The molecule has 1 rings (SSSR count). The number of nitrogens with zero attached hydrogens (tertiary/aromatic N) is 4. The predicted molar refractivity (Wildman–Crippen MR) is 165 cm³/mol. The van der Waals surface area contributed by atoms with Crippen molar-refractivity contribution in [3.05, 3.63) is 0 Å². The van der Waals surface area contributed by atoms with Gasteiger partial charge in [0.2, 0.25) is 0 Å². The Morgan fingerprint density at radius 2 is 1.10 bits per heavy atom. The molecule has 0 saturated carbocycles. The normalized spacial score (nSPS) is 17.2. The number of methoxy groups -OCH3 is 1. The number of rotatable bonds is 8. The summed E-state index contributed by atoms with van der Waals surface area (Å²) in [6.07, 6.45) is 0.865. The van der Waals surface area contributed by atoms with Gasteiger partial charge in [0.05, 0.1) is 25.2 Å². The van der Waals surface area contributed by atoms with Crippen molar-refractivity contribution in [3.63, 3.8) is 0 Å². The molecule has 12 heteroatoms. The lowest BCUT2D eigenvalue weighted by Gasteiger charge is -2.33. The molecule has 0 spiro atoms. The number of ether oxygens (including phenoxy) is 3. The number of aliphatic carboxylic acids is 1. The molecule has 0 radical (unpaired) electrons. The number of carbonyl (C=O) groups excluding carboxylic acids is 3. The van der Waals surface area contributed by atoms with Crippen LogP contribution in [0, 0.1) is 0 Å². The van der Waals surface area contributed by atoms with Crippen LogP contribution in [0.4, 0.5) is 0 Å². The third-order valence-corrected chi connectivity index (χ3v) is 5.86. The van der Waals surface area contributed by atoms with E-state index in [1.54, 1.807) is 7.11 Å². The Balaban J connectivity index is 0. The lowest BCUT2D eigenvalue weighted by atomic mass is 10.2. The molecule has 1 saturated heterocycles. The van der Waals surface area contributed by atoms with Crippen LogP contribution in [-0.2, 0) is 33.4 Å². The number of carboxylic acids is 1. The first-order valence-electron chi connectivity index (χ1n) is 14.7. The van der Waals surface area contributed by atoms with Crippen LogP contribution in [0.5, 0.6) is 0 Å². The van der Waals surface area contributed by atoms with Gasteiger partial charge in [-0.2, -0.15) is 0 Å². The average molecular weight is 605 g/mol. The third-order valence-electron chi connectivity index (χ3n) is 5.86. The monoisotopic (exact) mass is 604 g/mol. The molecule has 0 amide bonds. The van der Waals surface area contributed by atoms with E-state index in [-0.39, 0.29) is 30.3 Å². The van der Waals surface area contributed by atoms with E-state index >= 15 is 0 Å². The number of carbonyl (C=O) groups is 4. The molecule has 0 unspecified atom stereocenters.